The van der Waals surface area contributed by atoms with Crippen molar-refractivity contribution in [1.29, 1.82) is 0 Å². The third-order valence-corrected chi connectivity index (χ3v) is 3.73. The Kier molecular flexibility index (Phi) is 3.99. The summed E-state index contributed by atoms with van der Waals surface area (Å²) in [5, 5.41) is 6.34. The smallest absolute Gasteiger partial charge is 0.0438 e. The molecule has 0 fully saturated rings. The number of rotatable bonds is 4. The van der Waals surface area contributed by atoms with Crippen LogP contribution in [-0.4, -0.2) is 0 Å². The SMILES string of the molecule is Cc1ccc(CNCc2cccs2)cc1Cl. The first kappa shape index (κ1) is 11.6. The van der Waals surface area contributed by atoms with Gasteiger partial charge in [0.15, 0.2) is 0 Å². The van der Waals surface area contributed by atoms with Crippen molar-refractivity contribution >= 4 is 22.9 Å². The zero-order chi connectivity index (χ0) is 11.4. The predicted octanol–water partition coefficient (Wildman–Crippen LogP) is 4.00. The topological polar surface area (TPSA) is 12.0 Å². The molecular formula is C13H14ClNS. The molecule has 16 heavy (non-hydrogen) atoms. The van der Waals surface area contributed by atoms with Crippen LogP contribution < -0.4 is 5.32 Å². The van der Waals surface area contributed by atoms with Gasteiger partial charge in [0.25, 0.3) is 0 Å². The lowest BCUT2D eigenvalue weighted by Gasteiger charge is -2.05. The fraction of sp³-hybridized carbons (Fsp3) is 0.231. The van der Waals surface area contributed by atoms with E-state index in [1.807, 2.05) is 13.0 Å². The van der Waals surface area contributed by atoms with E-state index >= 15 is 0 Å². The van der Waals surface area contributed by atoms with Crippen LogP contribution in [0.4, 0.5) is 0 Å². The molecule has 1 aromatic heterocycles. The summed E-state index contributed by atoms with van der Waals surface area (Å²) >= 11 is 7.84. The monoisotopic (exact) mass is 251 g/mol. The number of halogens is 1. The first-order chi connectivity index (χ1) is 7.75. The molecule has 0 unspecified atom stereocenters. The summed E-state index contributed by atoms with van der Waals surface area (Å²) < 4.78 is 0. The van der Waals surface area contributed by atoms with E-state index in [0.717, 1.165) is 23.7 Å². The molecule has 3 heteroatoms. The Morgan fingerprint density at radius 3 is 2.81 bits per heavy atom. The lowest BCUT2D eigenvalue weighted by molar-refractivity contribution is 0.701. The highest BCUT2D eigenvalue weighted by molar-refractivity contribution is 7.09. The normalized spacial score (nSPS) is 10.6. The van der Waals surface area contributed by atoms with Gasteiger partial charge in [-0.1, -0.05) is 29.8 Å². The summed E-state index contributed by atoms with van der Waals surface area (Å²) in [4.78, 5) is 1.36. The first-order valence-electron chi connectivity index (χ1n) is 5.24. The molecule has 0 saturated carbocycles. The van der Waals surface area contributed by atoms with E-state index in [9.17, 15) is 0 Å². The molecule has 0 bridgehead atoms. The predicted molar refractivity (Wildman–Crippen MR) is 71.1 cm³/mol. The lowest BCUT2D eigenvalue weighted by Crippen LogP contribution is -2.11. The first-order valence-corrected chi connectivity index (χ1v) is 6.49. The number of hydrogen-bond acceptors (Lipinski definition) is 2. The molecule has 84 valence electrons. The zero-order valence-electron chi connectivity index (χ0n) is 9.16. The highest BCUT2D eigenvalue weighted by Crippen LogP contribution is 2.16. The maximum Gasteiger partial charge on any atom is 0.0438 e. The van der Waals surface area contributed by atoms with Gasteiger partial charge in [0.05, 0.1) is 0 Å². The molecule has 0 saturated heterocycles. The molecule has 1 nitrogen and oxygen atoms in total. The molecule has 1 aromatic carbocycles. The van der Waals surface area contributed by atoms with Gasteiger partial charge in [0.1, 0.15) is 0 Å². The average Bonchev–Trinajstić information content (AvgIpc) is 2.76. The van der Waals surface area contributed by atoms with E-state index in [1.54, 1.807) is 11.3 Å². The van der Waals surface area contributed by atoms with Crippen molar-refractivity contribution < 1.29 is 0 Å². The second-order valence-electron chi connectivity index (χ2n) is 3.77. The van der Waals surface area contributed by atoms with Crippen molar-refractivity contribution in [2.45, 2.75) is 20.0 Å². The summed E-state index contributed by atoms with van der Waals surface area (Å²) in [5.41, 5.74) is 2.36. The zero-order valence-corrected chi connectivity index (χ0v) is 10.7. The van der Waals surface area contributed by atoms with Gasteiger partial charge in [-0.2, -0.15) is 0 Å². The highest BCUT2D eigenvalue weighted by Gasteiger charge is 1.98. The van der Waals surface area contributed by atoms with Crippen LogP contribution in [0.5, 0.6) is 0 Å². The Labute approximate surface area is 105 Å². The van der Waals surface area contributed by atoms with E-state index in [-0.39, 0.29) is 0 Å². The minimum Gasteiger partial charge on any atom is -0.308 e. The van der Waals surface area contributed by atoms with Crippen LogP contribution in [0.3, 0.4) is 0 Å². The summed E-state index contributed by atoms with van der Waals surface area (Å²) in [6.45, 7) is 3.80. The van der Waals surface area contributed by atoms with E-state index in [4.69, 9.17) is 11.6 Å². The van der Waals surface area contributed by atoms with Crippen molar-refractivity contribution in [3.63, 3.8) is 0 Å². The lowest BCUT2D eigenvalue weighted by atomic mass is 10.1. The molecule has 0 aliphatic rings. The van der Waals surface area contributed by atoms with E-state index in [1.165, 1.54) is 10.4 Å². The largest absolute Gasteiger partial charge is 0.308 e. The quantitative estimate of drug-likeness (QED) is 0.866. The molecule has 0 atom stereocenters. The van der Waals surface area contributed by atoms with Gasteiger partial charge >= 0.3 is 0 Å². The van der Waals surface area contributed by atoms with Crippen LogP contribution in [0.2, 0.25) is 5.02 Å². The summed E-state index contributed by atoms with van der Waals surface area (Å²) in [6, 6.07) is 10.4. The minimum absolute atomic E-state index is 0.843. The van der Waals surface area contributed by atoms with Crippen LogP contribution in [-0.2, 0) is 13.1 Å². The number of thiophene rings is 1. The molecular weight excluding hydrogens is 238 g/mol. The maximum atomic E-state index is 6.07. The third-order valence-electron chi connectivity index (χ3n) is 2.44. The summed E-state index contributed by atoms with van der Waals surface area (Å²) in [6.07, 6.45) is 0. The van der Waals surface area contributed by atoms with Crippen LogP contribution >= 0.6 is 22.9 Å². The Balaban J connectivity index is 1.87. The molecule has 2 aromatic rings. The van der Waals surface area contributed by atoms with Crippen molar-refractivity contribution in [3.8, 4) is 0 Å². The molecule has 0 aliphatic carbocycles. The van der Waals surface area contributed by atoms with Crippen molar-refractivity contribution in [3.05, 3.63) is 56.7 Å². The fourth-order valence-electron chi connectivity index (χ4n) is 1.49. The Morgan fingerprint density at radius 2 is 2.12 bits per heavy atom. The standard InChI is InChI=1S/C13H14ClNS/c1-10-4-5-11(7-13(10)14)8-15-9-12-3-2-6-16-12/h2-7,15H,8-9H2,1H3. The van der Waals surface area contributed by atoms with Crippen molar-refractivity contribution in [2.75, 3.05) is 0 Å². The Morgan fingerprint density at radius 1 is 1.25 bits per heavy atom. The molecule has 2 rings (SSSR count). The number of benzene rings is 1. The number of aryl methyl sites for hydroxylation is 1. The Hall–Kier alpha value is -0.830. The highest BCUT2D eigenvalue weighted by atomic mass is 35.5. The van der Waals surface area contributed by atoms with Gasteiger partial charge in [-0.25, -0.2) is 0 Å². The number of nitrogens with one attached hydrogen (secondary N) is 1. The minimum atomic E-state index is 0.843. The molecule has 1 N–H and O–H groups in total. The van der Waals surface area contributed by atoms with Gasteiger partial charge in [0, 0.05) is 23.0 Å². The summed E-state index contributed by atoms with van der Waals surface area (Å²) in [5.74, 6) is 0. The molecule has 0 spiro atoms. The van der Waals surface area contributed by atoms with Gasteiger partial charge in [-0.3, -0.25) is 0 Å². The number of hydrogen-bond donors (Lipinski definition) is 1. The van der Waals surface area contributed by atoms with E-state index < -0.39 is 0 Å². The van der Waals surface area contributed by atoms with Crippen LogP contribution in [0.25, 0.3) is 0 Å². The van der Waals surface area contributed by atoms with Crippen molar-refractivity contribution in [1.82, 2.24) is 5.32 Å². The van der Waals surface area contributed by atoms with Crippen molar-refractivity contribution in [2.24, 2.45) is 0 Å². The van der Waals surface area contributed by atoms with E-state index in [0.29, 0.717) is 0 Å². The van der Waals surface area contributed by atoms with Gasteiger partial charge in [0.2, 0.25) is 0 Å². The molecule has 0 aliphatic heterocycles. The van der Waals surface area contributed by atoms with Crippen LogP contribution in [0, 0.1) is 6.92 Å². The van der Waals surface area contributed by atoms with Crippen LogP contribution in [0.15, 0.2) is 35.7 Å². The van der Waals surface area contributed by atoms with Gasteiger partial charge < -0.3 is 5.32 Å². The molecule has 0 radical (unpaired) electrons. The molecule has 1 heterocycles. The van der Waals surface area contributed by atoms with Crippen LogP contribution in [0.1, 0.15) is 16.0 Å². The second-order valence-corrected chi connectivity index (χ2v) is 5.21. The second kappa shape index (κ2) is 5.48. The fourth-order valence-corrected chi connectivity index (χ4v) is 2.37. The van der Waals surface area contributed by atoms with E-state index in [2.05, 4.69) is 35.0 Å². The average molecular weight is 252 g/mol. The third kappa shape index (κ3) is 3.08. The van der Waals surface area contributed by atoms with Gasteiger partial charge in [-0.15, -0.1) is 11.3 Å². The molecule has 0 amide bonds. The summed E-state index contributed by atoms with van der Waals surface area (Å²) in [7, 11) is 0. The maximum absolute atomic E-state index is 6.07. The van der Waals surface area contributed by atoms with Gasteiger partial charge in [-0.05, 0) is 35.6 Å². The Bertz CT molecular complexity index is 451.